The molecule has 0 bridgehead atoms. The highest BCUT2D eigenvalue weighted by molar-refractivity contribution is 6.07. The number of fused-ring (bicyclic) bond motifs is 2. The van der Waals surface area contributed by atoms with Crippen LogP contribution in [-0.4, -0.2) is 59.1 Å². The summed E-state index contributed by atoms with van der Waals surface area (Å²) in [6, 6.07) is 16.2. The largest absolute Gasteiger partial charge is 0.445 e. The normalized spacial score (nSPS) is 21.5. The fraction of sp³-hybridized carbons (Fsp3) is 0.407. The van der Waals surface area contributed by atoms with E-state index in [4.69, 9.17) is 4.74 Å². The van der Waals surface area contributed by atoms with Crippen molar-refractivity contribution in [1.82, 2.24) is 9.80 Å². The number of nitrogens with one attached hydrogen (secondary N) is 1. The summed E-state index contributed by atoms with van der Waals surface area (Å²) >= 11 is 0. The van der Waals surface area contributed by atoms with Crippen molar-refractivity contribution in [2.24, 2.45) is 0 Å². The average molecular weight is 493 g/mol. The van der Waals surface area contributed by atoms with Gasteiger partial charge >= 0.3 is 6.09 Å². The van der Waals surface area contributed by atoms with E-state index in [1.807, 2.05) is 24.3 Å². The van der Waals surface area contributed by atoms with Crippen LogP contribution < -0.4 is 5.32 Å². The van der Waals surface area contributed by atoms with Gasteiger partial charge in [0, 0.05) is 32.1 Å². The molecule has 2 aromatic carbocycles. The highest BCUT2D eigenvalue weighted by Crippen LogP contribution is 2.46. The number of para-hydroxylation sites is 1. The van der Waals surface area contributed by atoms with Crippen LogP contribution in [0.25, 0.3) is 0 Å². The molecule has 2 aliphatic rings. The van der Waals surface area contributed by atoms with Gasteiger partial charge in [0.05, 0.1) is 11.5 Å². The third kappa shape index (κ3) is 4.76. The number of amides is 3. The third-order valence-corrected chi connectivity index (χ3v) is 6.84. The van der Waals surface area contributed by atoms with Gasteiger partial charge in [0.1, 0.15) is 24.4 Å². The Hall–Kier alpha value is -3.93. The fourth-order valence-electron chi connectivity index (χ4n) is 4.98. The Labute approximate surface area is 209 Å². The summed E-state index contributed by atoms with van der Waals surface area (Å²) in [4.78, 5) is 42.1. The van der Waals surface area contributed by atoms with E-state index in [1.165, 1.54) is 25.8 Å². The summed E-state index contributed by atoms with van der Waals surface area (Å²) in [6.45, 7) is 2.60. The number of nitrogens with zero attached hydrogens (tertiary/aromatic N) is 3. The average Bonchev–Trinajstić information content (AvgIpc) is 3.38. The number of anilines is 1. The number of likely N-dealkylation sites (N-methyl/N-ethyl adjacent to an activating group) is 1. The van der Waals surface area contributed by atoms with Crippen LogP contribution in [-0.2, 0) is 26.3 Å². The number of carbonyl (C=O) groups is 3. The summed E-state index contributed by atoms with van der Waals surface area (Å²) in [7, 11) is 1.38. The van der Waals surface area contributed by atoms with Crippen LogP contribution in [0.2, 0.25) is 0 Å². The number of carbonyl (C=O) groups excluding carboxylic acids is 3. The summed E-state index contributed by atoms with van der Waals surface area (Å²) in [5.41, 5.74) is -0.718. The van der Waals surface area contributed by atoms with Gasteiger partial charge in [-0.15, -0.1) is 0 Å². The van der Waals surface area contributed by atoms with Crippen molar-refractivity contribution in [2.45, 2.75) is 56.5 Å². The van der Waals surface area contributed by atoms with Crippen LogP contribution in [0.5, 0.6) is 0 Å². The van der Waals surface area contributed by atoms with Crippen LogP contribution in [0.1, 0.15) is 37.8 Å². The van der Waals surface area contributed by atoms with Crippen LogP contribution in [0, 0.1) is 11.3 Å². The zero-order valence-electron chi connectivity index (χ0n) is 20.5. The molecule has 1 fully saturated rings. The van der Waals surface area contributed by atoms with Gasteiger partial charge in [-0.3, -0.25) is 14.5 Å². The molecule has 0 radical (unpaired) electrons. The minimum absolute atomic E-state index is 0.00541. The first kappa shape index (κ1) is 25.2. The van der Waals surface area contributed by atoms with Crippen molar-refractivity contribution in [3.8, 4) is 6.07 Å². The van der Waals surface area contributed by atoms with Crippen molar-refractivity contribution in [2.75, 3.05) is 18.9 Å². The molecule has 1 N–H and O–H groups in total. The first-order valence-electron chi connectivity index (χ1n) is 11.8. The number of hydrogen-bond acceptors (Lipinski definition) is 5. The lowest BCUT2D eigenvalue weighted by molar-refractivity contribution is -0.137. The first-order valence-corrected chi connectivity index (χ1v) is 11.8. The smallest absolute Gasteiger partial charge is 0.410 e. The van der Waals surface area contributed by atoms with E-state index >= 15 is 0 Å². The second kappa shape index (κ2) is 9.61. The van der Waals surface area contributed by atoms with E-state index in [0.29, 0.717) is 5.69 Å². The highest BCUT2D eigenvalue weighted by Gasteiger charge is 2.57. The maximum Gasteiger partial charge on any atom is 0.410 e. The monoisotopic (exact) mass is 492 g/mol. The van der Waals surface area contributed by atoms with E-state index in [9.17, 15) is 24.0 Å². The Bertz CT molecular complexity index is 1210. The summed E-state index contributed by atoms with van der Waals surface area (Å²) in [5.74, 6) is -0.877. The van der Waals surface area contributed by atoms with Gasteiger partial charge in [0.2, 0.25) is 11.8 Å². The molecule has 188 valence electrons. The molecule has 36 heavy (non-hydrogen) atoms. The summed E-state index contributed by atoms with van der Waals surface area (Å²) in [5, 5.41) is 12.7. The molecule has 2 aromatic rings. The van der Waals surface area contributed by atoms with Crippen molar-refractivity contribution in [1.29, 1.82) is 5.26 Å². The van der Waals surface area contributed by atoms with Gasteiger partial charge in [0.15, 0.2) is 0 Å². The Morgan fingerprint density at radius 1 is 1.25 bits per heavy atom. The molecule has 2 heterocycles. The molecular weight excluding hydrogens is 463 g/mol. The molecule has 0 aliphatic carbocycles. The van der Waals surface area contributed by atoms with Gasteiger partial charge in [0.25, 0.3) is 0 Å². The SMILES string of the molecule is CN(C(=O)OCc1ccccc1)[C@@H](CC(C)(C)F)C(=O)N1C[C@]2(CC1C#N)C(=O)Nc1ccccc12. The standard InChI is InChI=1S/C27H29FN4O4/c1-26(2,28)14-22(31(3)25(35)36-16-18-9-5-4-6-10-18)23(33)32-17-27(13-19(32)15-29)20-11-7-8-12-21(20)30-24(27)34/h4-12,19,22H,13-14,16-17H2,1-3H3,(H,30,34)/t19?,22-,27-/m0/s1. The predicted octanol–water partition coefficient (Wildman–Crippen LogP) is 3.78. The zero-order valence-corrected chi connectivity index (χ0v) is 20.5. The van der Waals surface area contributed by atoms with Crippen molar-refractivity contribution in [3.05, 3.63) is 65.7 Å². The molecule has 1 unspecified atom stereocenters. The van der Waals surface area contributed by atoms with Crippen LogP contribution in [0.3, 0.4) is 0 Å². The number of halogens is 1. The number of hydrogen-bond donors (Lipinski definition) is 1. The van der Waals surface area contributed by atoms with Gasteiger partial charge in [-0.2, -0.15) is 5.26 Å². The highest BCUT2D eigenvalue weighted by atomic mass is 19.1. The van der Waals surface area contributed by atoms with Crippen LogP contribution >= 0.6 is 0 Å². The second-order valence-electron chi connectivity index (χ2n) is 9.99. The summed E-state index contributed by atoms with van der Waals surface area (Å²) < 4.78 is 20.2. The maximum atomic E-state index is 14.8. The Morgan fingerprint density at radius 2 is 1.92 bits per heavy atom. The minimum Gasteiger partial charge on any atom is -0.445 e. The lowest BCUT2D eigenvalue weighted by Crippen LogP contribution is -2.53. The van der Waals surface area contributed by atoms with E-state index in [1.54, 1.807) is 30.3 Å². The van der Waals surface area contributed by atoms with Gasteiger partial charge in [-0.25, -0.2) is 9.18 Å². The van der Waals surface area contributed by atoms with Gasteiger partial charge < -0.3 is 15.0 Å². The minimum atomic E-state index is -1.79. The molecule has 2 aliphatic heterocycles. The van der Waals surface area contributed by atoms with Gasteiger partial charge in [-0.1, -0.05) is 48.5 Å². The molecule has 4 rings (SSSR count). The van der Waals surface area contributed by atoms with Crippen molar-refractivity contribution < 1.29 is 23.5 Å². The molecule has 3 amide bonds. The molecule has 1 spiro atoms. The predicted molar refractivity (Wildman–Crippen MR) is 130 cm³/mol. The lowest BCUT2D eigenvalue weighted by atomic mass is 9.80. The summed E-state index contributed by atoms with van der Waals surface area (Å²) in [6.07, 6.45) is -0.966. The number of nitriles is 1. The number of alkyl halides is 1. The zero-order chi connectivity index (χ0) is 26.1. The van der Waals surface area contributed by atoms with Crippen molar-refractivity contribution in [3.63, 3.8) is 0 Å². The number of likely N-dealkylation sites (tertiary alicyclic amines) is 1. The third-order valence-electron chi connectivity index (χ3n) is 6.84. The quantitative estimate of drug-likeness (QED) is 0.661. The van der Waals surface area contributed by atoms with Crippen LogP contribution in [0.4, 0.5) is 14.9 Å². The molecular formula is C27H29FN4O4. The van der Waals surface area contributed by atoms with E-state index in [0.717, 1.165) is 16.0 Å². The molecule has 0 aromatic heterocycles. The number of benzene rings is 2. The second-order valence-corrected chi connectivity index (χ2v) is 9.99. The molecule has 1 saturated heterocycles. The molecule has 9 heteroatoms. The topological polar surface area (TPSA) is 103 Å². The van der Waals surface area contributed by atoms with E-state index in [2.05, 4.69) is 11.4 Å². The lowest BCUT2D eigenvalue weighted by Gasteiger charge is -2.34. The Morgan fingerprint density at radius 3 is 2.58 bits per heavy atom. The maximum absolute atomic E-state index is 14.8. The van der Waals surface area contributed by atoms with Crippen LogP contribution in [0.15, 0.2) is 54.6 Å². The molecule has 3 atom stereocenters. The fourth-order valence-corrected chi connectivity index (χ4v) is 4.98. The van der Waals surface area contributed by atoms with Gasteiger partial charge in [-0.05, 0) is 31.0 Å². The molecule has 8 nitrogen and oxygen atoms in total. The van der Waals surface area contributed by atoms with E-state index in [-0.39, 0.29) is 31.9 Å². The Kier molecular flexibility index (Phi) is 6.72. The van der Waals surface area contributed by atoms with E-state index < -0.39 is 35.2 Å². The first-order chi connectivity index (χ1) is 17.1. The molecule has 0 saturated carbocycles. The van der Waals surface area contributed by atoms with Crippen molar-refractivity contribution >= 4 is 23.6 Å². The number of ether oxygens (including phenoxy) is 1. The number of rotatable bonds is 6. The Balaban J connectivity index is 1.58.